The Morgan fingerprint density at radius 1 is 1.21 bits per heavy atom. The van der Waals surface area contributed by atoms with Crippen molar-refractivity contribution in [2.24, 2.45) is 0 Å². The van der Waals surface area contributed by atoms with Crippen molar-refractivity contribution in [3.05, 3.63) is 47.8 Å². The number of sulfonamides is 1. The van der Waals surface area contributed by atoms with Crippen molar-refractivity contribution in [2.75, 3.05) is 27.9 Å². The highest BCUT2D eigenvalue weighted by Crippen LogP contribution is 2.41. The van der Waals surface area contributed by atoms with E-state index < -0.39 is 22.0 Å². The van der Waals surface area contributed by atoms with Crippen LogP contribution in [0, 0.1) is 0 Å². The molecule has 0 saturated carbocycles. The van der Waals surface area contributed by atoms with E-state index in [0.717, 1.165) is 5.56 Å². The van der Waals surface area contributed by atoms with E-state index in [4.69, 9.17) is 14.2 Å². The summed E-state index contributed by atoms with van der Waals surface area (Å²) >= 11 is 0. The first-order valence-electron chi connectivity index (χ1n) is 8.65. The molecule has 2 heterocycles. The summed E-state index contributed by atoms with van der Waals surface area (Å²) in [5, 5.41) is 0. The smallest absolute Gasteiger partial charge is 0.307 e. The molecule has 0 fully saturated rings. The van der Waals surface area contributed by atoms with Crippen molar-refractivity contribution in [3.8, 4) is 11.5 Å². The Kier molecular flexibility index (Phi) is 5.85. The maximum atomic E-state index is 13.2. The molecule has 1 aromatic heterocycles. The van der Waals surface area contributed by atoms with Crippen LogP contribution in [0.25, 0.3) is 0 Å². The van der Waals surface area contributed by atoms with Gasteiger partial charge in [0.25, 0.3) is 0 Å². The van der Waals surface area contributed by atoms with Gasteiger partial charge in [-0.05, 0) is 41.8 Å². The Labute approximate surface area is 164 Å². The lowest BCUT2D eigenvalue weighted by Crippen LogP contribution is -2.41. The van der Waals surface area contributed by atoms with E-state index in [1.165, 1.54) is 44.1 Å². The predicted octanol–water partition coefficient (Wildman–Crippen LogP) is 1.95. The van der Waals surface area contributed by atoms with Crippen molar-refractivity contribution in [2.45, 2.75) is 23.8 Å². The highest BCUT2D eigenvalue weighted by atomic mass is 32.2. The first-order chi connectivity index (χ1) is 13.4. The molecule has 1 unspecified atom stereocenters. The van der Waals surface area contributed by atoms with Crippen LogP contribution in [0.1, 0.15) is 23.6 Å². The Bertz CT molecular complexity index is 962. The Morgan fingerprint density at radius 3 is 2.54 bits per heavy atom. The predicted molar refractivity (Wildman–Crippen MR) is 101 cm³/mol. The molecule has 1 aliphatic rings. The Morgan fingerprint density at radius 2 is 1.93 bits per heavy atom. The number of aromatic nitrogens is 1. The topological polar surface area (TPSA) is 95.0 Å². The van der Waals surface area contributed by atoms with Crippen LogP contribution in [0.4, 0.5) is 0 Å². The van der Waals surface area contributed by atoms with Gasteiger partial charge in [0, 0.05) is 18.9 Å². The second-order valence-electron chi connectivity index (χ2n) is 6.26. The van der Waals surface area contributed by atoms with Crippen molar-refractivity contribution in [1.29, 1.82) is 0 Å². The quantitative estimate of drug-likeness (QED) is 0.677. The first kappa shape index (κ1) is 20.1. The highest BCUT2D eigenvalue weighted by Gasteiger charge is 2.38. The molecule has 1 atom stereocenters. The normalized spacial score (nSPS) is 16.9. The zero-order valence-electron chi connectivity index (χ0n) is 15.9. The number of pyridine rings is 1. The molecule has 0 bridgehead atoms. The Balaban J connectivity index is 2.11. The monoisotopic (exact) mass is 406 g/mol. The number of hydrogen-bond donors (Lipinski definition) is 0. The van der Waals surface area contributed by atoms with Gasteiger partial charge in [-0.25, -0.2) is 8.42 Å². The van der Waals surface area contributed by atoms with Crippen LogP contribution in [0.3, 0.4) is 0 Å². The van der Waals surface area contributed by atoms with Gasteiger partial charge in [-0.3, -0.25) is 9.78 Å². The highest BCUT2D eigenvalue weighted by molar-refractivity contribution is 7.89. The van der Waals surface area contributed by atoms with E-state index in [9.17, 15) is 13.2 Å². The molecule has 0 aliphatic carbocycles. The van der Waals surface area contributed by atoms with Crippen LogP contribution < -0.4 is 9.47 Å². The van der Waals surface area contributed by atoms with Crippen LogP contribution in [-0.2, 0) is 26.0 Å². The molecule has 0 N–H and O–H groups in total. The number of benzene rings is 1. The maximum absolute atomic E-state index is 13.2. The Hall–Kier alpha value is -2.65. The average molecular weight is 406 g/mol. The molecule has 3 rings (SSSR count). The van der Waals surface area contributed by atoms with Crippen molar-refractivity contribution in [1.82, 2.24) is 9.29 Å². The van der Waals surface area contributed by atoms with E-state index in [1.807, 2.05) is 6.07 Å². The standard InChI is InChI=1S/C19H22N2O6S/c1-25-17-9-13-6-8-21(28(23,24)14-5-4-7-20-12-14)16(11-19(22)27-3)15(13)10-18(17)26-2/h4-5,7,9-10,12,16H,6,8,11H2,1-3H3. The van der Waals surface area contributed by atoms with Gasteiger partial charge in [0.2, 0.25) is 10.0 Å². The summed E-state index contributed by atoms with van der Waals surface area (Å²) in [4.78, 5) is 16.1. The van der Waals surface area contributed by atoms with E-state index in [-0.39, 0.29) is 17.9 Å². The molecule has 9 heteroatoms. The lowest BCUT2D eigenvalue weighted by Gasteiger charge is -2.36. The number of nitrogens with zero attached hydrogens (tertiary/aromatic N) is 2. The second kappa shape index (κ2) is 8.15. The zero-order chi connectivity index (χ0) is 20.3. The molecule has 1 aliphatic heterocycles. The molecule has 8 nitrogen and oxygen atoms in total. The molecule has 0 radical (unpaired) electrons. The second-order valence-corrected chi connectivity index (χ2v) is 8.15. The van der Waals surface area contributed by atoms with Crippen LogP contribution in [0.5, 0.6) is 11.5 Å². The minimum Gasteiger partial charge on any atom is -0.493 e. The molecule has 0 spiro atoms. The number of fused-ring (bicyclic) bond motifs is 1. The van der Waals surface area contributed by atoms with Gasteiger partial charge >= 0.3 is 5.97 Å². The van der Waals surface area contributed by atoms with E-state index in [1.54, 1.807) is 12.1 Å². The minimum atomic E-state index is -3.85. The molecule has 28 heavy (non-hydrogen) atoms. The molecular formula is C19H22N2O6S. The third-order valence-corrected chi connectivity index (χ3v) is 6.67. The summed E-state index contributed by atoms with van der Waals surface area (Å²) in [6.45, 7) is 0.224. The molecule has 150 valence electrons. The van der Waals surface area contributed by atoms with Gasteiger partial charge in [0.1, 0.15) is 4.90 Å². The summed E-state index contributed by atoms with van der Waals surface area (Å²) in [6, 6.07) is 5.88. The van der Waals surface area contributed by atoms with Gasteiger partial charge < -0.3 is 14.2 Å². The number of carbonyl (C=O) groups excluding carboxylic acids is 1. The average Bonchev–Trinajstić information content (AvgIpc) is 2.73. The third kappa shape index (κ3) is 3.67. The lowest BCUT2D eigenvalue weighted by molar-refractivity contribution is -0.141. The van der Waals surface area contributed by atoms with Gasteiger partial charge in [0.05, 0.1) is 33.8 Å². The van der Waals surface area contributed by atoms with Crippen LogP contribution in [0.2, 0.25) is 0 Å². The van der Waals surface area contributed by atoms with E-state index in [0.29, 0.717) is 23.5 Å². The SMILES string of the molecule is COC(=O)CC1c2cc(OC)c(OC)cc2CCN1S(=O)(=O)c1cccnc1. The van der Waals surface area contributed by atoms with Crippen molar-refractivity contribution < 1.29 is 27.4 Å². The molecule has 0 amide bonds. The molecule has 1 aromatic carbocycles. The van der Waals surface area contributed by atoms with Gasteiger partial charge in [-0.15, -0.1) is 0 Å². The summed E-state index contributed by atoms with van der Waals surface area (Å²) in [5.74, 6) is 0.525. The summed E-state index contributed by atoms with van der Waals surface area (Å²) in [5.41, 5.74) is 1.60. The number of rotatable bonds is 6. The van der Waals surface area contributed by atoms with Crippen LogP contribution >= 0.6 is 0 Å². The van der Waals surface area contributed by atoms with E-state index >= 15 is 0 Å². The number of hydrogen-bond acceptors (Lipinski definition) is 7. The summed E-state index contributed by atoms with van der Waals surface area (Å²) in [6.07, 6.45) is 3.17. The number of ether oxygens (including phenoxy) is 3. The first-order valence-corrected chi connectivity index (χ1v) is 10.1. The summed E-state index contributed by atoms with van der Waals surface area (Å²) in [7, 11) is 0.473. The number of methoxy groups -OCH3 is 3. The maximum Gasteiger partial charge on any atom is 0.307 e. The fourth-order valence-corrected chi connectivity index (χ4v) is 4.95. The molecular weight excluding hydrogens is 384 g/mol. The number of esters is 1. The fourth-order valence-electron chi connectivity index (χ4n) is 3.38. The zero-order valence-corrected chi connectivity index (χ0v) is 16.7. The molecule has 0 saturated heterocycles. The minimum absolute atomic E-state index is 0.0776. The third-order valence-electron chi connectivity index (χ3n) is 4.78. The van der Waals surface area contributed by atoms with Gasteiger partial charge in [-0.1, -0.05) is 0 Å². The lowest BCUT2D eigenvalue weighted by atomic mass is 9.91. The van der Waals surface area contributed by atoms with Crippen LogP contribution in [-0.4, -0.2) is 51.6 Å². The number of carbonyl (C=O) groups is 1. The molecule has 2 aromatic rings. The van der Waals surface area contributed by atoms with Crippen LogP contribution in [0.15, 0.2) is 41.6 Å². The largest absolute Gasteiger partial charge is 0.493 e. The fraction of sp³-hybridized carbons (Fsp3) is 0.368. The summed E-state index contributed by atoms with van der Waals surface area (Å²) < 4.78 is 43.3. The van der Waals surface area contributed by atoms with E-state index in [2.05, 4.69) is 4.98 Å². The van der Waals surface area contributed by atoms with Gasteiger partial charge in [-0.2, -0.15) is 4.31 Å². The van der Waals surface area contributed by atoms with Gasteiger partial charge in [0.15, 0.2) is 11.5 Å². The van der Waals surface area contributed by atoms with Crippen molar-refractivity contribution in [3.63, 3.8) is 0 Å². The van der Waals surface area contributed by atoms with Crippen molar-refractivity contribution >= 4 is 16.0 Å².